The molecule has 0 aromatic carbocycles. The van der Waals surface area contributed by atoms with Crippen molar-refractivity contribution in [3.8, 4) is 0 Å². The van der Waals surface area contributed by atoms with E-state index in [-0.39, 0.29) is 12.3 Å². The van der Waals surface area contributed by atoms with Gasteiger partial charge >= 0.3 is 6.18 Å². The minimum atomic E-state index is -4.36. The van der Waals surface area contributed by atoms with Gasteiger partial charge in [-0.25, -0.2) is 0 Å². The van der Waals surface area contributed by atoms with Crippen molar-refractivity contribution in [2.45, 2.75) is 46.3 Å². The second-order valence-corrected chi connectivity index (χ2v) is 6.06. The van der Waals surface area contributed by atoms with E-state index in [0.717, 1.165) is 16.1 Å². The molecule has 2 aromatic heterocycles. The van der Waals surface area contributed by atoms with E-state index in [9.17, 15) is 18.0 Å². The van der Waals surface area contributed by atoms with Gasteiger partial charge in [0.05, 0.1) is 12.1 Å². The number of carbonyl (C=O) groups is 1. The standard InChI is InChI=1S/C13H16F3N5OS/c1-4-11-18-19-12(23-11)17-10(22)5-9-7(2)20-21(8(9)3)6-13(14,15)16/h4-6H2,1-3H3,(H,17,19,22). The average molecular weight is 347 g/mol. The average Bonchev–Trinajstić information content (AvgIpc) is 2.97. The molecule has 2 aromatic rings. The van der Waals surface area contributed by atoms with Crippen molar-refractivity contribution in [3.63, 3.8) is 0 Å². The molecule has 0 aliphatic carbocycles. The van der Waals surface area contributed by atoms with Crippen LogP contribution in [-0.2, 0) is 24.2 Å². The van der Waals surface area contributed by atoms with Crippen LogP contribution < -0.4 is 5.32 Å². The van der Waals surface area contributed by atoms with E-state index in [1.54, 1.807) is 6.92 Å². The SMILES string of the molecule is CCc1nnc(NC(=O)Cc2c(C)nn(CC(F)(F)F)c2C)s1. The van der Waals surface area contributed by atoms with E-state index in [1.165, 1.54) is 18.3 Å². The molecule has 0 fully saturated rings. The molecule has 0 radical (unpaired) electrons. The van der Waals surface area contributed by atoms with Gasteiger partial charge in [-0.3, -0.25) is 9.48 Å². The molecular formula is C13H16F3N5OS. The molecule has 1 amide bonds. The highest BCUT2D eigenvalue weighted by Crippen LogP contribution is 2.22. The van der Waals surface area contributed by atoms with Crippen molar-refractivity contribution < 1.29 is 18.0 Å². The van der Waals surface area contributed by atoms with Crippen LogP contribution in [0.1, 0.15) is 28.9 Å². The highest BCUT2D eigenvalue weighted by Gasteiger charge is 2.30. The lowest BCUT2D eigenvalue weighted by atomic mass is 10.1. The summed E-state index contributed by atoms with van der Waals surface area (Å²) in [6.45, 7) is 3.86. The highest BCUT2D eigenvalue weighted by molar-refractivity contribution is 7.15. The van der Waals surface area contributed by atoms with Crippen molar-refractivity contribution >= 4 is 22.4 Å². The van der Waals surface area contributed by atoms with Crippen LogP contribution in [0, 0.1) is 13.8 Å². The van der Waals surface area contributed by atoms with E-state index >= 15 is 0 Å². The lowest BCUT2D eigenvalue weighted by molar-refractivity contribution is -0.142. The Morgan fingerprint density at radius 2 is 2.00 bits per heavy atom. The van der Waals surface area contributed by atoms with Crippen LogP contribution in [0.25, 0.3) is 0 Å². The van der Waals surface area contributed by atoms with Crippen molar-refractivity contribution in [3.05, 3.63) is 22.0 Å². The Kier molecular flexibility index (Phi) is 5.03. The van der Waals surface area contributed by atoms with Gasteiger partial charge in [-0.2, -0.15) is 18.3 Å². The Bertz CT molecular complexity index is 707. The highest BCUT2D eigenvalue weighted by atomic mass is 32.1. The van der Waals surface area contributed by atoms with Crippen LogP contribution in [0.15, 0.2) is 0 Å². The molecule has 0 aliphatic heterocycles. The summed E-state index contributed by atoms with van der Waals surface area (Å²) in [5.74, 6) is -0.360. The predicted octanol–water partition coefficient (Wildman–Crippen LogP) is 2.66. The van der Waals surface area contributed by atoms with Gasteiger partial charge in [0.15, 0.2) is 0 Å². The van der Waals surface area contributed by atoms with Crippen molar-refractivity contribution in [2.75, 3.05) is 5.32 Å². The number of aryl methyl sites for hydroxylation is 2. The zero-order valence-electron chi connectivity index (χ0n) is 12.9. The molecule has 126 valence electrons. The third-order valence-corrected chi connectivity index (χ3v) is 4.20. The molecule has 6 nitrogen and oxygen atoms in total. The lowest BCUT2D eigenvalue weighted by Gasteiger charge is -2.08. The Labute approximate surface area is 134 Å². The maximum absolute atomic E-state index is 12.5. The summed E-state index contributed by atoms with van der Waals surface area (Å²) in [4.78, 5) is 12.0. The number of carbonyl (C=O) groups excluding carboxylic acids is 1. The summed E-state index contributed by atoms with van der Waals surface area (Å²) >= 11 is 1.27. The first-order chi connectivity index (χ1) is 10.7. The largest absolute Gasteiger partial charge is 0.408 e. The van der Waals surface area contributed by atoms with Crippen LogP contribution >= 0.6 is 11.3 Å². The first-order valence-corrected chi connectivity index (χ1v) is 7.73. The third-order valence-electron chi connectivity index (χ3n) is 3.21. The maximum Gasteiger partial charge on any atom is 0.408 e. The minimum Gasteiger partial charge on any atom is -0.300 e. The molecule has 23 heavy (non-hydrogen) atoms. The van der Waals surface area contributed by atoms with E-state index in [0.29, 0.717) is 22.1 Å². The normalized spacial score (nSPS) is 11.7. The molecule has 0 spiro atoms. The van der Waals surface area contributed by atoms with Gasteiger partial charge in [0.1, 0.15) is 11.6 Å². The molecule has 1 N–H and O–H groups in total. The summed E-state index contributed by atoms with van der Waals surface area (Å²) < 4.78 is 38.4. The number of nitrogens with one attached hydrogen (secondary N) is 1. The topological polar surface area (TPSA) is 72.7 Å². The second kappa shape index (κ2) is 6.65. The maximum atomic E-state index is 12.5. The quantitative estimate of drug-likeness (QED) is 0.902. The molecule has 0 aliphatic rings. The molecule has 0 saturated carbocycles. The molecule has 0 unspecified atom stereocenters. The summed E-state index contributed by atoms with van der Waals surface area (Å²) in [7, 11) is 0. The number of alkyl halides is 3. The van der Waals surface area contributed by atoms with Gasteiger partial charge in [0.25, 0.3) is 0 Å². The van der Waals surface area contributed by atoms with Gasteiger partial charge < -0.3 is 5.32 Å². The van der Waals surface area contributed by atoms with Crippen molar-refractivity contribution in [2.24, 2.45) is 0 Å². The van der Waals surface area contributed by atoms with E-state index < -0.39 is 12.7 Å². The van der Waals surface area contributed by atoms with Gasteiger partial charge in [-0.1, -0.05) is 18.3 Å². The van der Waals surface area contributed by atoms with Gasteiger partial charge in [0, 0.05) is 11.3 Å². The van der Waals surface area contributed by atoms with E-state index in [2.05, 4.69) is 20.6 Å². The van der Waals surface area contributed by atoms with Crippen molar-refractivity contribution in [1.29, 1.82) is 0 Å². The van der Waals surface area contributed by atoms with E-state index in [1.807, 2.05) is 6.92 Å². The summed E-state index contributed by atoms with van der Waals surface area (Å²) in [5, 5.41) is 15.4. The predicted molar refractivity (Wildman–Crippen MR) is 79.4 cm³/mol. The van der Waals surface area contributed by atoms with Gasteiger partial charge in [-0.05, 0) is 20.3 Å². The number of amides is 1. The zero-order valence-corrected chi connectivity index (χ0v) is 13.7. The number of nitrogens with zero attached hydrogens (tertiary/aromatic N) is 4. The third kappa shape index (κ3) is 4.50. The smallest absolute Gasteiger partial charge is 0.300 e. The van der Waals surface area contributed by atoms with Gasteiger partial charge in [0.2, 0.25) is 11.0 Å². The Morgan fingerprint density at radius 1 is 1.30 bits per heavy atom. The van der Waals surface area contributed by atoms with Crippen LogP contribution in [0.2, 0.25) is 0 Å². The Morgan fingerprint density at radius 3 is 2.57 bits per heavy atom. The zero-order chi connectivity index (χ0) is 17.2. The van der Waals surface area contributed by atoms with Crippen LogP contribution in [-0.4, -0.2) is 32.1 Å². The van der Waals surface area contributed by atoms with Crippen LogP contribution in [0.4, 0.5) is 18.3 Å². The number of hydrogen-bond donors (Lipinski definition) is 1. The van der Waals surface area contributed by atoms with Crippen molar-refractivity contribution in [1.82, 2.24) is 20.0 Å². The first-order valence-electron chi connectivity index (χ1n) is 6.91. The number of rotatable bonds is 5. The molecular weight excluding hydrogens is 331 g/mol. The summed E-state index contributed by atoms with van der Waals surface area (Å²) in [5.41, 5.74) is 1.24. The molecule has 0 bridgehead atoms. The fraction of sp³-hybridized carbons (Fsp3) is 0.538. The first kappa shape index (κ1) is 17.4. The molecule has 2 rings (SSSR count). The molecule has 10 heteroatoms. The fourth-order valence-electron chi connectivity index (χ4n) is 2.08. The number of anilines is 1. The monoisotopic (exact) mass is 347 g/mol. The number of aromatic nitrogens is 4. The Balaban J connectivity index is 2.08. The molecule has 0 atom stereocenters. The Hall–Kier alpha value is -1.97. The van der Waals surface area contributed by atoms with Gasteiger partial charge in [-0.15, -0.1) is 10.2 Å². The second-order valence-electron chi connectivity index (χ2n) is 5.00. The van der Waals surface area contributed by atoms with Crippen LogP contribution in [0.5, 0.6) is 0 Å². The summed E-state index contributed by atoms with van der Waals surface area (Å²) in [6.07, 6.45) is -3.70. The van der Waals surface area contributed by atoms with E-state index in [4.69, 9.17) is 0 Å². The van der Waals surface area contributed by atoms with Crippen LogP contribution in [0.3, 0.4) is 0 Å². The number of halogens is 3. The number of hydrogen-bond acceptors (Lipinski definition) is 5. The summed E-state index contributed by atoms with van der Waals surface area (Å²) in [6, 6.07) is 0. The fourth-order valence-corrected chi connectivity index (χ4v) is 2.78. The minimum absolute atomic E-state index is 0.0590. The molecule has 0 saturated heterocycles. The lowest BCUT2D eigenvalue weighted by Crippen LogP contribution is -2.20. The molecule has 2 heterocycles.